The molecule has 1 fully saturated rings. The second-order valence-electron chi connectivity index (χ2n) is 6.09. The summed E-state index contributed by atoms with van der Waals surface area (Å²) in [6, 6.07) is 10.3. The second-order valence-corrected chi connectivity index (χ2v) is 7.89. The van der Waals surface area contributed by atoms with Crippen LogP contribution in [-0.2, 0) is 4.74 Å². The van der Waals surface area contributed by atoms with E-state index in [2.05, 4.69) is 41.2 Å². The van der Waals surface area contributed by atoms with Crippen LogP contribution < -0.4 is 5.32 Å². The molecule has 6 heteroatoms. The molecule has 1 aromatic carbocycles. The molecule has 0 bridgehead atoms. The topological polar surface area (TPSA) is 36.9 Å². The van der Waals surface area contributed by atoms with Gasteiger partial charge in [-0.15, -0.1) is 24.0 Å². The summed E-state index contributed by atoms with van der Waals surface area (Å²) in [5, 5.41) is 3.47. The molecule has 23 heavy (non-hydrogen) atoms. The summed E-state index contributed by atoms with van der Waals surface area (Å²) in [6.07, 6.45) is 0.0325. The highest BCUT2D eigenvalue weighted by Crippen LogP contribution is 2.29. The Morgan fingerprint density at radius 2 is 2.09 bits per heavy atom. The Labute approximate surface area is 161 Å². The third-order valence-corrected chi connectivity index (χ3v) is 5.14. The first-order valence-electron chi connectivity index (χ1n) is 7.73. The zero-order valence-electron chi connectivity index (χ0n) is 14.4. The van der Waals surface area contributed by atoms with Gasteiger partial charge in [-0.1, -0.05) is 30.3 Å². The second kappa shape index (κ2) is 9.74. The number of nitrogens with one attached hydrogen (secondary N) is 1. The van der Waals surface area contributed by atoms with E-state index < -0.39 is 0 Å². The van der Waals surface area contributed by atoms with Crippen molar-refractivity contribution in [1.82, 2.24) is 10.2 Å². The molecule has 1 saturated heterocycles. The lowest BCUT2D eigenvalue weighted by Crippen LogP contribution is -2.51. The Balaban J connectivity index is 0.00000264. The fourth-order valence-electron chi connectivity index (χ4n) is 2.72. The smallest absolute Gasteiger partial charge is 0.193 e. The monoisotopic (exact) mass is 449 g/mol. The van der Waals surface area contributed by atoms with Gasteiger partial charge in [0.05, 0.1) is 6.10 Å². The molecule has 1 heterocycles. The highest BCUT2D eigenvalue weighted by atomic mass is 127. The van der Waals surface area contributed by atoms with Crippen molar-refractivity contribution >= 4 is 41.7 Å². The average Bonchev–Trinajstić information content (AvgIpc) is 2.51. The van der Waals surface area contributed by atoms with E-state index in [9.17, 15) is 0 Å². The van der Waals surface area contributed by atoms with Gasteiger partial charge in [0.1, 0.15) is 0 Å². The fourth-order valence-corrected chi connectivity index (χ4v) is 3.83. The van der Waals surface area contributed by atoms with Crippen LogP contribution in [0.5, 0.6) is 0 Å². The van der Waals surface area contributed by atoms with E-state index >= 15 is 0 Å². The summed E-state index contributed by atoms with van der Waals surface area (Å²) in [7, 11) is 3.60. The molecule has 0 radical (unpaired) electrons. The predicted molar refractivity (Wildman–Crippen MR) is 111 cm³/mol. The summed E-state index contributed by atoms with van der Waals surface area (Å²) in [4.78, 5) is 6.79. The quantitative estimate of drug-likeness (QED) is 0.435. The minimum absolute atomic E-state index is 0. The number of methoxy groups -OCH3 is 1. The van der Waals surface area contributed by atoms with Crippen molar-refractivity contribution in [3.63, 3.8) is 0 Å². The number of aliphatic imine (C=N–C) groups is 1. The summed E-state index contributed by atoms with van der Waals surface area (Å²) in [6.45, 7) is 7.35. The van der Waals surface area contributed by atoms with Crippen molar-refractivity contribution in [1.29, 1.82) is 0 Å². The van der Waals surface area contributed by atoms with Gasteiger partial charge in [0.25, 0.3) is 0 Å². The van der Waals surface area contributed by atoms with E-state index in [1.807, 2.05) is 37.0 Å². The van der Waals surface area contributed by atoms with Gasteiger partial charge >= 0.3 is 0 Å². The maximum Gasteiger partial charge on any atom is 0.193 e. The zero-order chi connectivity index (χ0) is 16.0. The van der Waals surface area contributed by atoms with Gasteiger partial charge in [-0.25, -0.2) is 0 Å². The third kappa shape index (κ3) is 6.15. The number of guanidine groups is 1. The molecule has 4 nitrogen and oxygen atoms in total. The third-order valence-electron chi connectivity index (χ3n) is 3.84. The van der Waals surface area contributed by atoms with E-state index in [1.165, 1.54) is 5.56 Å². The van der Waals surface area contributed by atoms with Crippen LogP contribution in [0.4, 0.5) is 0 Å². The van der Waals surface area contributed by atoms with E-state index in [-0.39, 0.29) is 34.8 Å². The molecule has 1 unspecified atom stereocenters. The molecule has 1 atom stereocenters. The summed E-state index contributed by atoms with van der Waals surface area (Å²) in [5.41, 5.74) is 1.18. The Hall–Kier alpha value is -0.470. The normalized spacial score (nSPS) is 19.0. The number of ether oxygens (including phenoxy) is 1. The van der Waals surface area contributed by atoms with Crippen LogP contribution >= 0.6 is 35.7 Å². The first-order valence-corrected chi connectivity index (χ1v) is 8.71. The molecule has 1 aliphatic rings. The first-order chi connectivity index (χ1) is 10.6. The van der Waals surface area contributed by atoms with E-state index in [4.69, 9.17) is 4.74 Å². The maximum absolute atomic E-state index is 5.62. The lowest BCUT2D eigenvalue weighted by atomic mass is 10.1. The van der Waals surface area contributed by atoms with Crippen molar-refractivity contribution in [2.45, 2.75) is 24.7 Å². The molecule has 2 rings (SSSR count). The van der Waals surface area contributed by atoms with Crippen molar-refractivity contribution in [3.05, 3.63) is 35.9 Å². The van der Waals surface area contributed by atoms with Gasteiger partial charge in [0.2, 0.25) is 0 Å². The van der Waals surface area contributed by atoms with Crippen molar-refractivity contribution in [2.75, 3.05) is 39.5 Å². The van der Waals surface area contributed by atoms with Crippen molar-refractivity contribution < 1.29 is 4.74 Å². The molecule has 0 spiro atoms. The number of halogens is 1. The van der Waals surface area contributed by atoms with Gasteiger partial charge in [-0.2, -0.15) is 11.8 Å². The Bertz CT molecular complexity index is 496. The molecular formula is C17H28IN3OS. The van der Waals surface area contributed by atoms with Crippen LogP contribution in [0.25, 0.3) is 0 Å². The first kappa shape index (κ1) is 20.6. The fraction of sp³-hybridized carbons (Fsp3) is 0.588. The number of benzene rings is 1. The van der Waals surface area contributed by atoms with Gasteiger partial charge < -0.3 is 15.0 Å². The molecule has 130 valence electrons. The van der Waals surface area contributed by atoms with Crippen molar-refractivity contribution in [2.24, 2.45) is 4.99 Å². The van der Waals surface area contributed by atoms with Gasteiger partial charge in [0.15, 0.2) is 5.96 Å². The van der Waals surface area contributed by atoms with E-state index in [0.29, 0.717) is 0 Å². The number of thioether (sulfide) groups is 1. The Morgan fingerprint density at radius 1 is 1.39 bits per heavy atom. The maximum atomic E-state index is 5.62. The zero-order valence-corrected chi connectivity index (χ0v) is 17.6. The number of rotatable bonds is 4. The van der Waals surface area contributed by atoms with E-state index in [0.717, 1.165) is 31.3 Å². The molecule has 0 amide bonds. The standard InChI is InChI=1S/C17H27N3OS.HI/c1-17(2)13-20(10-11-22-17)16(18-3)19-12-15(21-4)14-8-6-5-7-9-14;/h5-9,15H,10-13H2,1-4H3,(H,18,19);1H. The predicted octanol–water partition coefficient (Wildman–Crippen LogP) is 3.39. The van der Waals surface area contributed by atoms with Gasteiger partial charge in [-0.3, -0.25) is 4.99 Å². The van der Waals surface area contributed by atoms with Crippen molar-refractivity contribution in [3.8, 4) is 0 Å². The van der Waals surface area contributed by atoms with Crippen LogP contribution in [0.15, 0.2) is 35.3 Å². The lowest BCUT2D eigenvalue weighted by molar-refractivity contribution is 0.105. The number of nitrogens with zero attached hydrogens (tertiary/aromatic N) is 2. The van der Waals surface area contributed by atoms with Crippen LogP contribution in [0.2, 0.25) is 0 Å². The SMILES string of the molecule is CN=C(NCC(OC)c1ccccc1)N1CCSC(C)(C)C1.I. The summed E-state index contributed by atoms with van der Waals surface area (Å²) in [5.74, 6) is 2.10. The lowest BCUT2D eigenvalue weighted by Gasteiger charge is -2.39. The minimum atomic E-state index is 0. The van der Waals surface area contributed by atoms with Crippen LogP contribution in [0.1, 0.15) is 25.5 Å². The average molecular weight is 449 g/mol. The van der Waals surface area contributed by atoms with Crippen LogP contribution in [0, 0.1) is 0 Å². The molecular weight excluding hydrogens is 421 g/mol. The Kier molecular flexibility index (Phi) is 8.71. The van der Waals surface area contributed by atoms with Crippen LogP contribution in [0.3, 0.4) is 0 Å². The largest absolute Gasteiger partial charge is 0.375 e. The minimum Gasteiger partial charge on any atom is -0.375 e. The highest BCUT2D eigenvalue weighted by Gasteiger charge is 2.28. The van der Waals surface area contributed by atoms with E-state index in [1.54, 1.807) is 7.11 Å². The molecule has 0 aliphatic carbocycles. The van der Waals surface area contributed by atoms with Crippen LogP contribution in [-0.4, -0.2) is 55.2 Å². The molecule has 0 saturated carbocycles. The van der Waals surface area contributed by atoms with Gasteiger partial charge in [-0.05, 0) is 19.4 Å². The Morgan fingerprint density at radius 3 is 2.65 bits per heavy atom. The summed E-state index contributed by atoms with van der Waals surface area (Å²) >= 11 is 2.03. The molecule has 0 aromatic heterocycles. The van der Waals surface area contributed by atoms with Gasteiger partial charge in [0, 0.05) is 44.3 Å². The summed E-state index contributed by atoms with van der Waals surface area (Å²) < 4.78 is 5.89. The number of hydrogen-bond donors (Lipinski definition) is 1. The molecule has 1 aliphatic heterocycles. The number of hydrogen-bond acceptors (Lipinski definition) is 3. The molecule has 1 N–H and O–H groups in total. The molecule has 1 aromatic rings. The highest BCUT2D eigenvalue weighted by molar-refractivity contribution is 14.0.